The van der Waals surface area contributed by atoms with E-state index in [2.05, 4.69) is 24.1 Å². The number of halogens is 1. The van der Waals surface area contributed by atoms with Crippen molar-refractivity contribution >= 4 is 23.0 Å². The molecular weight excluding hydrogens is 254 g/mol. The first-order chi connectivity index (χ1) is 8.47. The summed E-state index contributed by atoms with van der Waals surface area (Å²) >= 11 is 5.83. The van der Waals surface area contributed by atoms with Gasteiger partial charge in [0.15, 0.2) is 0 Å². The van der Waals surface area contributed by atoms with Gasteiger partial charge in [-0.25, -0.2) is 0 Å². The molecule has 0 bridgehead atoms. The summed E-state index contributed by atoms with van der Waals surface area (Å²) < 4.78 is 0. The summed E-state index contributed by atoms with van der Waals surface area (Å²) in [5.41, 5.74) is 0.750. The van der Waals surface area contributed by atoms with Gasteiger partial charge in [0, 0.05) is 11.1 Å². The Morgan fingerprint density at radius 2 is 2.00 bits per heavy atom. The van der Waals surface area contributed by atoms with Crippen LogP contribution in [0, 0.1) is 10.1 Å². The number of nitro benzene ring substituents is 1. The Kier molecular flexibility index (Phi) is 3.73. The van der Waals surface area contributed by atoms with E-state index < -0.39 is 0 Å². The van der Waals surface area contributed by atoms with Crippen LogP contribution in [0.5, 0.6) is 0 Å². The van der Waals surface area contributed by atoms with E-state index in [9.17, 15) is 10.1 Å². The van der Waals surface area contributed by atoms with Gasteiger partial charge < -0.3 is 10.2 Å². The number of anilines is 1. The molecule has 1 aliphatic rings. The van der Waals surface area contributed by atoms with Crippen LogP contribution in [0.2, 0.25) is 5.02 Å². The molecule has 0 spiro atoms. The van der Waals surface area contributed by atoms with E-state index in [1.165, 1.54) is 6.07 Å². The maximum absolute atomic E-state index is 11.1. The average Bonchev–Trinajstić information content (AvgIpc) is 2.27. The Morgan fingerprint density at radius 3 is 2.56 bits per heavy atom. The van der Waals surface area contributed by atoms with Crippen molar-refractivity contribution in [2.75, 3.05) is 18.0 Å². The van der Waals surface area contributed by atoms with E-state index in [0.717, 1.165) is 13.1 Å². The van der Waals surface area contributed by atoms with Crippen LogP contribution in [-0.2, 0) is 0 Å². The molecule has 0 saturated carbocycles. The monoisotopic (exact) mass is 270 g/mol. The van der Waals surface area contributed by atoms with Crippen LogP contribution in [0.25, 0.3) is 0 Å². The highest BCUT2D eigenvalue weighted by atomic mass is 35.5. The Bertz CT molecular complexity index is 457. The number of nitro groups is 1. The Morgan fingerprint density at radius 1 is 1.39 bits per heavy atom. The van der Waals surface area contributed by atoms with Crippen LogP contribution in [0.15, 0.2) is 18.2 Å². The number of quaternary nitrogens is 1. The fraction of sp³-hybridized carbons (Fsp3) is 0.500. The number of hydrogen-bond donors (Lipinski definition) is 1. The standard InChI is InChI=1S/C12H16ClN3O2/c1-8-6-15(7-9(2)14-8)11-4-3-10(13)5-12(11)16(17)18/h3-5,8-9,14H,6-7H2,1-2H3/p+1/t8-,9+. The maximum Gasteiger partial charge on any atom is 0.294 e. The second-order valence-electron chi connectivity index (χ2n) is 4.94. The van der Waals surface area contributed by atoms with Gasteiger partial charge in [0.1, 0.15) is 17.8 Å². The molecule has 1 fully saturated rings. The highest BCUT2D eigenvalue weighted by Crippen LogP contribution is 2.31. The molecule has 2 rings (SSSR count). The molecule has 98 valence electrons. The molecule has 0 radical (unpaired) electrons. The van der Waals surface area contributed by atoms with Crippen molar-refractivity contribution in [2.45, 2.75) is 25.9 Å². The Balaban J connectivity index is 2.35. The van der Waals surface area contributed by atoms with Gasteiger partial charge in [-0.2, -0.15) is 0 Å². The Hall–Kier alpha value is -1.33. The molecule has 2 atom stereocenters. The molecule has 0 unspecified atom stereocenters. The van der Waals surface area contributed by atoms with Crippen molar-refractivity contribution in [3.05, 3.63) is 33.3 Å². The van der Waals surface area contributed by atoms with E-state index in [1.54, 1.807) is 12.1 Å². The van der Waals surface area contributed by atoms with Crippen LogP contribution in [0.4, 0.5) is 11.4 Å². The van der Waals surface area contributed by atoms with Crippen molar-refractivity contribution < 1.29 is 10.2 Å². The van der Waals surface area contributed by atoms with Crippen molar-refractivity contribution in [1.29, 1.82) is 0 Å². The third-order valence-electron chi connectivity index (χ3n) is 3.15. The number of benzene rings is 1. The summed E-state index contributed by atoms with van der Waals surface area (Å²) in [7, 11) is 0. The summed E-state index contributed by atoms with van der Waals surface area (Å²) in [4.78, 5) is 12.8. The SMILES string of the molecule is C[C@@H]1CN(c2ccc(Cl)cc2[N+](=O)[O-])C[C@H](C)[NH2+]1. The highest BCUT2D eigenvalue weighted by molar-refractivity contribution is 6.30. The van der Waals surface area contributed by atoms with Crippen molar-refractivity contribution in [3.8, 4) is 0 Å². The third-order valence-corrected chi connectivity index (χ3v) is 3.38. The van der Waals surface area contributed by atoms with Gasteiger partial charge in [0.2, 0.25) is 0 Å². The fourth-order valence-corrected chi connectivity index (χ4v) is 2.73. The summed E-state index contributed by atoms with van der Waals surface area (Å²) in [6.45, 7) is 5.88. The lowest BCUT2D eigenvalue weighted by Gasteiger charge is -2.34. The summed E-state index contributed by atoms with van der Waals surface area (Å²) in [6.07, 6.45) is 0. The molecule has 2 N–H and O–H groups in total. The zero-order valence-corrected chi connectivity index (χ0v) is 11.2. The second-order valence-corrected chi connectivity index (χ2v) is 5.38. The first-order valence-corrected chi connectivity index (χ1v) is 6.39. The van der Waals surface area contributed by atoms with Gasteiger partial charge >= 0.3 is 0 Å². The summed E-state index contributed by atoms with van der Waals surface area (Å²) in [6, 6.07) is 5.74. The lowest BCUT2D eigenvalue weighted by molar-refractivity contribution is -0.716. The third kappa shape index (κ3) is 2.73. The van der Waals surface area contributed by atoms with E-state index >= 15 is 0 Å². The van der Waals surface area contributed by atoms with Gasteiger partial charge in [-0.1, -0.05) is 11.6 Å². The minimum atomic E-state index is -0.366. The van der Waals surface area contributed by atoms with Gasteiger partial charge in [-0.15, -0.1) is 0 Å². The van der Waals surface area contributed by atoms with Gasteiger partial charge in [0.25, 0.3) is 5.69 Å². The molecule has 18 heavy (non-hydrogen) atoms. The molecule has 1 aromatic rings. The predicted molar refractivity (Wildman–Crippen MR) is 71.2 cm³/mol. The molecule has 1 aliphatic heterocycles. The Labute approximate surface area is 111 Å². The van der Waals surface area contributed by atoms with Crippen molar-refractivity contribution in [2.24, 2.45) is 0 Å². The second kappa shape index (κ2) is 5.12. The lowest BCUT2D eigenvalue weighted by Crippen LogP contribution is -2.99. The normalized spacial score (nSPS) is 24.1. The summed E-state index contributed by atoms with van der Waals surface area (Å²) in [5.74, 6) is 0. The largest absolute Gasteiger partial charge is 0.354 e. The number of rotatable bonds is 2. The molecule has 1 aromatic carbocycles. The predicted octanol–water partition coefficient (Wildman–Crippen LogP) is 1.41. The molecule has 1 saturated heterocycles. The van der Waals surface area contributed by atoms with Gasteiger partial charge in [-0.3, -0.25) is 10.1 Å². The van der Waals surface area contributed by atoms with Crippen LogP contribution >= 0.6 is 11.6 Å². The molecular formula is C12H17ClN3O2+. The van der Waals surface area contributed by atoms with Gasteiger partial charge in [0.05, 0.1) is 18.0 Å². The zero-order chi connectivity index (χ0) is 13.3. The van der Waals surface area contributed by atoms with E-state index in [1.807, 2.05) is 0 Å². The molecule has 1 heterocycles. The van der Waals surface area contributed by atoms with Crippen LogP contribution in [-0.4, -0.2) is 30.1 Å². The van der Waals surface area contributed by atoms with E-state index in [0.29, 0.717) is 22.8 Å². The summed E-state index contributed by atoms with van der Waals surface area (Å²) in [5, 5.41) is 13.8. The quantitative estimate of drug-likeness (QED) is 0.653. The van der Waals surface area contributed by atoms with Gasteiger partial charge in [-0.05, 0) is 26.0 Å². The first kappa shape index (κ1) is 13.1. The number of hydrogen-bond acceptors (Lipinski definition) is 3. The van der Waals surface area contributed by atoms with E-state index in [4.69, 9.17) is 11.6 Å². The first-order valence-electron chi connectivity index (χ1n) is 6.01. The molecule has 0 aromatic heterocycles. The molecule has 5 nitrogen and oxygen atoms in total. The van der Waals surface area contributed by atoms with Crippen LogP contribution < -0.4 is 10.2 Å². The topological polar surface area (TPSA) is 63.0 Å². The molecule has 0 amide bonds. The zero-order valence-electron chi connectivity index (χ0n) is 10.5. The fourth-order valence-electron chi connectivity index (χ4n) is 2.56. The maximum atomic E-state index is 11.1. The lowest BCUT2D eigenvalue weighted by atomic mass is 10.1. The van der Waals surface area contributed by atoms with Crippen LogP contribution in [0.3, 0.4) is 0 Å². The van der Waals surface area contributed by atoms with Crippen molar-refractivity contribution in [3.63, 3.8) is 0 Å². The number of nitrogens with two attached hydrogens (primary N) is 1. The van der Waals surface area contributed by atoms with Crippen LogP contribution in [0.1, 0.15) is 13.8 Å². The number of nitrogens with zero attached hydrogens (tertiary/aromatic N) is 2. The average molecular weight is 271 g/mol. The molecule has 0 aliphatic carbocycles. The smallest absolute Gasteiger partial charge is 0.294 e. The molecule has 6 heteroatoms. The highest BCUT2D eigenvalue weighted by Gasteiger charge is 2.28. The minimum Gasteiger partial charge on any atom is -0.354 e. The minimum absolute atomic E-state index is 0.0869. The van der Waals surface area contributed by atoms with Crippen molar-refractivity contribution in [1.82, 2.24) is 0 Å². The number of piperazine rings is 1. The van der Waals surface area contributed by atoms with E-state index in [-0.39, 0.29) is 10.6 Å².